The van der Waals surface area contributed by atoms with E-state index in [0.717, 1.165) is 23.3 Å². The summed E-state index contributed by atoms with van der Waals surface area (Å²) in [6.07, 6.45) is -4.43. The molecule has 0 saturated carbocycles. The zero-order chi connectivity index (χ0) is 14.2. The highest BCUT2D eigenvalue weighted by atomic mass is 35.5. The number of rotatable bonds is 1. The molecule has 1 aromatic carbocycles. The Hall–Kier alpha value is -1.55. The van der Waals surface area contributed by atoms with E-state index >= 15 is 0 Å². The molecule has 0 bridgehead atoms. The maximum atomic E-state index is 12.7. The van der Waals surface area contributed by atoms with Crippen molar-refractivity contribution in [2.75, 3.05) is 0 Å². The van der Waals surface area contributed by atoms with Crippen molar-refractivity contribution in [3.8, 4) is 11.3 Å². The predicted molar refractivity (Wildman–Crippen MR) is 69.2 cm³/mol. The molecular formula is C14H11ClF3N. The molecule has 0 aliphatic heterocycles. The van der Waals surface area contributed by atoms with E-state index in [1.54, 1.807) is 12.1 Å². The Bertz CT molecular complexity index is 600. The SMILES string of the molecule is Cc1cc(C)cc(-c2cc(C(F)(F)F)cc(Cl)n2)c1. The Kier molecular flexibility index (Phi) is 3.54. The van der Waals surface area contributed by atoms with Gasteiger partial charge >= 0.3 is 6.18 Å². The van der Waals surface area contributed by atoms with Gasteiger partial charge in [0.1, 0.15) is 5.15 Å². The fourth-order valence-electron chi connectivity index (χ4n) is 1.93. The van der Waals surface area contributed by atoms with E-state index in [0.29, 0.717) is 5.56 Å². The zero-order valence-electron chi connectivity index (χ0n) is 10.3. The zero-order valence-corrected chi connectivity index (χ0v) is 11.1. The van der Waals surface area contributed by atoms with Crippen LogP contribution in [-0.2, 0) is 6.18 Å². The molecule has 0 amide bonds. The molecule has 0 unspecified atom stereocenters. The smallest absolute Gasteiger partial charge is 0.236 e. The fraction of sp³-hybridized carbons (Fsp3) is 0.214. The summed E-state index contributed by atoms with van der Waals surface area (Å²) in [4.78, 5) is 3.97. The minimum absolute atomic E-state index is 0.163. The number of aryl methyl sites for hydroxylation is 2. The van der Waals surface area contributed by atoms with Crippen LogP contribution in [0.5, 0.6) is 0 Å². The molecule has 1 heterocycles. The Labute approximate surface area is 114 Å². The largest absolute Gasteiger partial charge is 0.416 e. The van der Waals surface area contributed by atoms with E-state index in [9.17, 15) is 13.2 Å². The van der Waals surface area contributed by atoms with Crippen molar-refractivity contribution in [2.24, 2.45) is 0 Å². The van der Waals surface area contributed by atoms with Crippen molar-refractivity contribution in [1.29, 1.82) is 0 Å². The topological polar surface area (TPSA) is 12.9 Å². The quantitative estimate of drug-likeness (QED) is 0.669. The van der Waals surface area contributed by atoms with Crippen LogP contribution in [0.3, 0.4) is 0 Å². The van der Waals surface area contributed by atoms with E-state index in [-0.39, 0.29) is 10.8 Å². The lowest BCUT2D eigenvalue weighted by Gasteiger charge is -2.10. The summed E-state index contributed by atoms with van der Waals surface area (Å²) in [5.74, 6) is 0. The molecule has 0 saturated heterocycles. The summed E-state index contributed by atoms with van der Waals surface area (Å²) in [5.41, 5.74) is 1.99. The van der Waals surface area contributed by atoms with Crippen LogP contribution in [-0.4, -0.2) is 4.98 Å². The molecular weight excluding hydrogens is 275 g/mol. The second kappa shape index (κ2) is 4.85. The van der Waals surface area contributed by atoms with Crippen LogP contribution in [0.4, 0.5) is 13.2 Å². The molecule has 0 atom stereocenters. The molecule has 5 heteroatoms. The predicted octanol–water partition coefficient (Wildman–Crippen LogP) is 5.04. The number of hydrogen-bond acceptors (Lipinski definition) is 1. The van der Waals surface area contributed by atoms with Gasteiger partial charge in [-0.05, 0) is 38.1 Å². The summed E-state index contributed by atoms with van der Waals surface area (Å²) in [7, 11) is 0. The van der Waals surface area contributed by atoms with Gasteiger partial charge in [-0.15, -0.1) is 0 Å². The molecule has 2 rings (SSSR count). The summed E-state index contributed by atoms with van der Waals surface area (Å²) in [5, 5.41) is -0.163. The van der Waals surface area contributed by atoms with Crippen LogP contribution >= 0.6 is 11.6 Å². The summed E-state index contributed by atoms with van der Waals surface area (Å²) < 4.78 is 38.2. The Morgan fingerprint density at radius 3 is 2.05 bits per heavy atom. The van der Waals surface area contributed by atoms with Gasteiger partial charge < -0.3 is 0 Å². The van der Waals surface area contributed by atoms with Gasteiger partial charge in [0.15, 0.2) is 0 Å². The first kappa shape index (κ1) is 13.9. The molecule has 1 nitrogen and oxygen atoms in total. The molecule has 0 aliphatic carbocycles. The lowest BCUT2D eigenvalue weighted by atomic mass is 10.0. The van der Waals surface area contributed by atoms with Crippen molar-refractivity contribution in [2.45, 2.75) is 20.0 Å². The van der Waals surface area contributed by atoms with Gasteiger partial charge in [-0.3, -0.25) is 0 Å². The number of nitrogens with zero attached hydrogens (tertiary/aromatic N) is 1. The Morgan fingerprint density at radius 2 is 1.53 bits per heavy atom. The van der Waals surface area contributed by atoms with Crippen LogP contribution in [0, 0.1) is 13.8 Å². The highest BCUT2D eigenvalue weighted by molar-refractivity contribution is 6.29. The monoisotopic (exact) mass is 285 g/mol. The van der Waals surface area contributed by atoms with Gasteiger partial charge in [-0.25, -0.2) is 4.98 Å². The Morgan fingerprint density at radius 1 is 0.947 bits per heavy atom. The minimum atomic E-state index is -4.43. The molecule has 19 heavy (non-hydrogen) atoms. The van der Waals surface area contributed by atoms with Crippen LogP contribution in [0.15, 0.2) is 30.3 Å². The van der Waals surface area contributed by atoms with E-state index in [1.807, 2.05) is 19.9 Å². The number of aromatic nitrogens is 1. The van der Waals surface area contributed by atoms with Gasteiger partial charge in [0, 0.05) is 5.56 Å². The first-order valence-electron chi connectivity index (χ1n) is 5.59. The number of halogens is 4. The van der Waals surface area contributed by atoms with Crippen molar-refractivity contribution in [3.63, 3.8) is 0 Å². The fourth-order valence-corrected chi connectivity index (χ4v) is 2.14. The third-order valence-electron chi connectivity index (χ3n) is 2.64. The second-order valence-corrected chi connectivity index (χ2v) is 4.83. The highest BCUT2D eigenvalue weighted by Gasteiger charge is 2.31. The Balaban J connectivity index is 2.59. The minimum Gasteiger partial charge on any atom is -0.236 e. The lowest BCUT2D eigenvalue weighted by molar-refractivity contribution is -0.137. The number of pyridine rings is 1. The highest BCUT2D eigenvalue weighted by Crippen LogP contribution is 2.33. The van der Waals surface area contributed by atoms with E-state index in [4.69, 9.17) is 11.6 Å². The lowest BCUT2D eigenvalue weighted by Crippen LogP contribution is -2.05. The number of hydrogen-bond donors (Lipinski definition) is 0. The molecule has 0 aliphatic rings. The number of benzene rings is 1. The van der Waals surface area contributed by atoms with Gasteiger partial charge in [0.2, 0.25) is 0 Å². The standard InChI is InChI=1S/C14H11ClF3N/c1-8-3-9(2)5-10(4-8)12-6-11(14(16,17)18)7-13(15)19-12/h3-7H,1-2H3. The second-order valence-electron chi connectivity index (χ2n) is 4.44. The first-order valence-corrected chi connectivity index (χ1v) is 5.97. The van der Waals surface area contributed by atoms with Crippen LogP contribution < -0.4 is 0 Å². The molecule has 0 fully saturated rings. The molecule has 0 spiro atoms. The van der Waals surface area contributed by atoms with Crippen LogP contribution in [0.1, 0.15) is 16.7 Å². The average Bonchev–Trinajstić information content (AvgIpc) is 2.25. The van der Waals surface area contributed by atoms with Crippen molar-refractivity contribution in [3.05, 3.63) is 52.2 Å². The van der Waals surface area contributed by atoms with Crippen LogP contribution in [0.2, 0.25) is 5.15 Å². The molecule has 1 aromatic heterocycles. The maximum Gasteiger partial charge on any atom is 0.416 e. The average molecular weight is 286 g/mol. The summed E-state index contributed by atoms with van der Waals surface area (Å²) in [6, 6.07) is 7.35. The third kappa shape index (κ3) is 3.26. The van der Waals surface area contributed by atoms with Crippen molar-refractivity contribution in [1.82, 2.24) is 4.98 Å². The van der Waals surface area contributed by atoms with E-state index < -0.39 is 11.7 Å². The molecule has 2 aromatic rings. The van der Waals surface area contributed by atoms with Gasteiger partial charge in [-0.1, -0.05) is 28.8 Å². The van der Waals surface area contributed by atoms with E-state index in [1.165, 1.54) is 0 Å². The summed E-state index contributed by atoms with van der Waals surface area (Å²) >= 11 is 5.67. The van der Waals surface area contributed by atoms with Gasteiger partial charge in [0.25, 0.3) is 0 Å². The molecule has 0 N–H and O–H groups in total. The van der Waals surface area contributed by atoms with Crippen molar-refractivity contribution >= 4 is 11.6 Å². The van der Waals surface area contributed by atoms with Gasteiger partial charge in [-0.2, -0.15) is 13.2 Å². The first-order chi connectivity index (χ1) is 8.75. The maximum absolute atomic E-state index is 12.7. The third-order valence-corrected chi connectivity index (χ3v) is 2.83. The number of alkyl halides is 3. The normalized spacial score (nSPS) is 11.7. The van der Waals surface area contributed by atoms with Crippen molar-refractivity contribution < 1.29 is 13.2 Å². The van der Waals surface area contributed by atoms with Gasteiger partial charge in [0.05, 0.1) is 11.3 Å². The summed E-state index contributed by atoms with van der Waals surface area (Å²) in [6.45, 7) is 3.76. The molecule has 0 radical (unpaired) electrons. The van der Waals surface area contributed by atoms with Crippen LogP contribution in [0.25, 0.3) is 11.3 Å². The molecule has 100 valence electrons. The van der Waals surface area contributed by atoms with E-state index in [2.05, 4.69) is 4.98 Å².